The number of hydrogen-bond acceptors (Lipinski definition) is 0. The third-order valence-corrected chi connectivity index (χ3v) is 2.74. The van der Waals surface area contributed by atoms with Gasteiger partial charge < -0.3 is 0 Å². The van der Waals surface area contributed by atoms with E-state index < -0.39 is 0 Å². The van der Waals surface area contributed by atoms with Gasteiger partial charge in [0.1, 0.15) is 0 Å². The van der Waals surface area contributed by atoms with Gasteiger partial charge in [0, 0.05) is 0 Å². The normalized spacial score (nSPS) is 14.7. The second kappa shape index (κ2) is 4.83. The highest BCUT2D eigenvalue weighted by atomic mass is 14.2. The van der Waals surface area contributed by atoms with Crippen molar-refractivity contribution in [2.24, 2.45) is 17.3 Å². The second-order valence-electron chi connectivity index (χ2n) is 5.65. The molecule has 0 radical (unpaired) electrons. The lowest BCUT2D eigenvalue weighted by Crippen LogP contribution is -2.15. The number of rotatable bonds is 4. The predicted octanol–water partition coefficient (Wildman–Crippen LogP) is 4.66. The first-order chi connectivity index (χ1) is 5.75. The van der Waals surface area contributed by atoms with Crippen molar-refractivity contribution in [3.8, 4) is 0 Å². The third-order valence-electron chi connectivity index (χ3n) is 2.74. The van der Waals surface area contributed by atoms with Crippen LogP contribution in [0, 0.1) is 17.3 Å². The molecule has 0 rings (SSSR count). The largest absolute Gasteiger partial charge is 0.0991 e. The van der Waals surface area contributed by atoms with Gasteiger partial charge in [0.25, 0.3) is 0 Å². The monoisotopic (exact) mass is 182 g/mol. The topological polar surface area (TPSA) is 0 Å². The van der Waals surface area contributed by atoms with E-state index in [1.54, 1.807) is 0 Å². The molecule has 0 aliphatic carbocycles. The van der Waals surface area contributed by atoms with Gasteiger partial charge in [0.15, 0.2) is 0 Å². The first kappa shape index (κ1) is 12.7. The van der Waals surface area contributed by atoms with E-state index in [4.69, 9.17) is 0 Å². The maximum absolute atomic E-state index is 4.20. The van der Waals surface area contributed by atoms with Crippen LogP contribution < -0.4 is 0 Å². The summed E-state index contributed by atoms with van der Waals surface area (Å²) in [6, 6.07) is 0. The van der Waals surface area contributed by atoms with Gasteiger partial charge in [0.05, 0.1) is 0 Å². The Kier molecular flexibility index (Phi) is 4.74. The van der Waals surface area contributed by atoms with Crippen molar-refractivity contribution in [2.75, 3.05) is 0 Å². The van der Waals surface area contributed by atoms with Crippen LogP contribution in [-0.2, 0) is 0 Å². The SMILES string of the molecule is C=C(C(C)CCC(C)C)C(C)(C)C. The Labute approximate surface area is 84.4 Å². The average molecular weight is 182 g/mol. The molecule has 0 fully saturated rings. The average Bonchev–Trinajstić information content (AvgIpc) is 1.96. The first-order valence-corrected chi connectivity index (χ1v) is 5.44. The Balaban J connectivity index is 3.98. The van der Waals surface area contributed by atoms with E-state index in [1.165, 1.54) is 18.4 Å². The molecule has 0 aromatic rings. The minimum Gasteiger partial charge on any atom is -0.0991 e. The zero-order valence-electron chi connectivity index (χ0n) is 10.3. The van der Waals surface area contributed by atoms with Crippen LogP contribution in [0.2, 0.25) is 0 Å². The molecule has 0 saturated heterocycles. The van der Waals surface area contributed by atoms with Gasteiger partial charge in [-0.1, -0.05) is 60.1 Å². The lowest BCUT2D eigenvalue weighted by atomic mass is 9.78. The Morgan fingerprint density at radius 3 is 1.85 bits per heavy atom. The molecule has 0 spiro atoms. The minimum absolute atomic E-state index is 0.274. The van der Waals surface area contributed by atoms with E-state index in [0.717, 1.165) is 5.92 Å². The number of hydrogen-bond donors (Lipinski definition) is 0. The zero-order valence-corrected chi connectivity index (χ0v) is 10.3. The highest BCUT2D eigenvalue weighted by molar-refractivity contribution is 5.08. The molecule has 1 unspecified atom stereocenters. The molecule has 0 aromatic carbocycles. The molecule has 0 aliphatic heterocycles. The second-order valence-corrected chi connectivity index (χ2v) is 5.65. The van der Waals surface area contributed by atoms with Crippen molar-refractivity contribution in [1.29, 1.82) is 0 Å². The van der Waals surface area contributed by atoms with Crippen LogP contribution in [0.15, 0.2) is 12.2 Å². The summed E-state index contributed by atoms with van der Waals surface area (Å²) in [6.07, 6.45) is 2.60. The Morgan fingerprint density at radius 1 is 1.08 bits per heavy atom. The predicted molar refractivity (Wildman–Crippen MR) is 61.8 cm³/mol. The Bertz CT molecular complexity index is 157. The molecule has 13 heavy (non-hydrogen) atoms. The molecule has 1 atom stereocenters. The summed E-state index contributed by atoms with van der Waals surface area (Å²) in [4.78, 5) is 0. The van der Waals surface area contributed by atoms with E-state index in [1.807, 2.05) is 0 Å². The summed E-state index contributed by atoms with van der Waals surface area (Å²) in [5.74, 6) is 1.48. The van der Waals surface area contributed by atoms with Gasteiger partial charge in [-0.2, -0.15) is 0 Å². The van der Waals surface area contributed by atoms with Gasteiger partial charge in [-0.25, -0.2) is 0 Å². The molecule has 0 heterocycles. The molecule has 0 heteroatoms. The van der Waals surface area contributed by atoms with Crippen molar-refractivity contribution < 1.29 is 0 Å². The lowest BCUT2D eigenvalue weighted by molar-refractivity contribution is 0.400. The molecular formula is C13H26. The molecule has 0 bridgehead atoms. The van der Waals surface area contributed by atoms with Crippen molar-refractivity contribution >= 4 is 0 Å². The van der Waals surface area contributed by atoms with Gasteiger partial charge in [0.2, 0.25) is 0 Å². The van der Waals surface area contributed by atoms with Crippen LogP contribution in [0.3, 0.4) is 0 Å². The maximum Gasteiger partial charge on any atom is -0.0173 e. The van der Waals surface area contributed by atoms with Gasteiger partial charge >= 0.3 is 0 Å². The van der Waals surface area contributed by atoms with Crippen LogP contribution in [0.4, 0.5) is 0 Å². The van der Waals surface area contributed by atoms with Gasteiger partial charge in [-0.3, -0.25) is 0 Å². The molecule has 0 aliphatic rings. The fourth-order valence-electron chi connectivity index (χ4n) is 1.50. The first-order valence-electron chi connectivity index (χ1n) is 5.44. The molecule has 0 amide bonds. The highest BCUT2D eigenvalue weighted by Crippen LogP contribution is 2.32. The summed E-state index contributed by atoms with van der Waals surface area (Å²) in [5, 5.41) is 0. The van der Waals surface area contributed by atoms with Crippen LogP contribution in [0.5, 0.6) is 0 Å². The zero-order chi connectivity index (χ0) is 10.6. The molecule has 0 aromatic heterocycles. The fourth-order valence-corrected chi connectivity index (χ4v) is 1.50. The van der Waals surface area contributed by atoms with Crippen LogP contribution in [0.25, 0.3) is 0 Å². The molecular weight excluding hydrogens is 156 g/mol. The highest BCUT2D eigenvalue weighted by Gasteiger charge is 2.19. The van der Waals surface area contributed by atoms with Crippen LogP contribution in [-0.4, -0.2) is 0 Å². The molecule has 0 nitrogen and oxygen atoms in total. The van der Waals surface area contributed by atoms with Crippen molar-refractivity contribution in [3.05, 3.63) is 12.2 Å². The van der Waals surface area contributed by atoms with E-state index in [9.17, 15) is 0 Å². The van der Waals surface area contributed by atoms with E-state index in [2.05, 4.69) is 48.1 Å². The van der Waals surface area contributed by atoms with E-state index in [0.29, 0.717) is 5.92 Å². The molecule has 0 saturated carbocycles. The summed E-state index contributed by atoms with van der Waals surface area (Å²) in [5.41, 5.74) is 1.67. The summed E-state index contributed by atoms with van der Waals surface area (Å²) in [6.45, 7) is 17.8. The quantitative estimate of drug-likeness (QED) is 0.555. The Morgan fingerprint density at radius 2 is 1.54 bits per heavy atom. The molecule has 0 N–H and O–H groups in total. The fraction of sp³-hybridized carbons (Fsp3) is 0.846. The van der Waals surface area contributed by atoms with Crippen molar-refractivity contribution in [2.45, 2.75) is 54.4 Å². The lowest BCUT2D eigenvalue weighted by Gasteiger charge is -2.27. The third kappa shape index (κ3) is 5.13. The summed E-state index contributed by atoms with van der Waals surface area (Å²) < 4.78 is 0. The minimum atomic E-state index is 0.274. The summed E-state index contributed by atoms with van der Waals surface area (Å²) >= 11 is 0. The van der Waals surface area contributed by atoms with Crippen LogP contribution in [0.1, 0.15) is 54.4 Å². The van der Waals surface area contributed by atoms with Gasteiger partial charge in [-0.05, 0) is 23.7 Å². The number of allylic oxidation sites excluding steroid dienone is 1. The maximum atomic E-state index is 4.20. The van der Waals surface area contributed by atoms with Crippen molar-refractivity contribution in [3.63, 3.8) is 0 Å². The standard InChI is InChI=1S/C13H26/c1-10(2)8-9-11(3)12(4)13(5,6)7/h10-11H,4,8-9H2,1-3,5-7H3. The molecule has 78 valence electrons. The summed E-state index contributed by atoms with van der Waals surface area (Å²) in [7, 11) is 0. The van der Waals surface area contributed by atoms with Crippen LogP contribution >= 0.6 is 0 Å². The van der Waals surface area contributed by atoms with Gasteiger partial charge in [-0.15, -0.1) is 0 Å². The Hall–Kier alpha value is -0.260. The van der Waals surface area contributed by atoms with E-state index in [-0.39, 0.29) is 5.41 Å². The van der Waals surface area contributed by atoms with Crippen molar-refractivity contribution in [1.82, 2.24) is 0 Å². The smallest absolute Gasteiger partial charge is 0.0173 e. The van der Waals surface area contributed by atoms with E-state index >= 15 is 0 Å².